The molecular formula is C27H30FN5O. The van der Waals surface area contributed by atoms with Gasteiger partial charge in [-0.1, -0.05) is 30.2 Å². The summed E-state index contributed by atoms with van der Waals surface area (Å²) in [6, 6.07) is 9.61. The molecule has 1 aliphatic heterocycles. The molecule has 0 bridgehead atoms. The second kappa shape index (κ2) is 10.3. The number of amides is 1. The number of rotatable bonds is 6. The lowest BCUT2D eigenvalue weighted by Crippen LogP contribution is -2.43. The monoisotopic (exact) mass is 459 g/mol. The molecule has 6 nitrogen and oxygen atoms in total. The molecule has 176 valence electrons. The Morgan fingerprint density at radius 3 is 2.91 bits per heavy atom. The molecule has 34 heavy (non-hydrogen) atoms. The summed E-state index contributed by atoms with van der Waals surface area (Å²) in [6.07, 6.45) is 12.8. The quantitative estimate of drug-likeness (QED) is 0.554. The fourth-order valence-electron chi connectivity index (χ4n) is 4.81. The average Bonchev–Trinajstić information content (AvgIpc) is 3.16. The number of alkyl halides is 1. The largest absolute Gasteiger partial charge is 0.348 e. The SMILES string of the molecule is O=C(NC1CCCCN(CCC2=CCC(F)C=C2)C1)c1ccc2[nH]nc(-c3ccncc3)c2c1. The topological polar surface area (TPSA) is 73.9 Å². The van der Waals surface area contributed by atoms with Crippen LogP contribution < -0.4 is 5.32 Å². The number of allylic oxidation sites excluding steroid dienone is 3. The normalized spacial score (nSPS) is 21.3. The second-order valence-electron chi connectivity index (χ2n) is 9.18. The number of halogens is 1. The minimum Gasteiger partial charge on any atom is -0.348 e. The van der Waals surface area contributed by atoms with Crippen LogP contribution in [0.4, 0.5) is 4.39 Å². The molecule has 7 heteroatoms. The molecule has 1 aliphatic carbocycles. The highest BCUT2D eigenvalue weighted by molar-refractivity contribution is 6.01. The first-order chi connectivity index (χ1) is 16.7. The molecule has 1 fully saturated rings. The molecule has 0 spiro atoms. The minimum atomic E-state index is -0.844. The number of aromatic nitrogens is 3. The summed E-state index contributed by atoms with van der Waals surface area (Å²) in [5.41, 5.74) is 4.52. The van der Waals surface area contributed by atoms with Gasteiger partial charge in [0.15, 0.2) is 0 Å². The Bertz CT molecular complexity index is 1200. The van der Waals surface area contributed by atoms with Crippen LogP contribution in [0.15, 0.2) is 66.5 Å². The molecule has 2 N–H and O–H groups in total. The van der Waals surface area contributed by atoms with E-state index < -0.39 is 6.17 Å². The van der Waals surface area contributed by atoms with Crippen molar-refractivity contribution in [2.24, 2.45) is 0 Å². The number of likely N-dealkylation sites (tertiary alicyclic amines) is 1. The number of nitrogens with one attached hydrogen (secondary N) is 2. The van der Waals surface area contributed by atoms with Gasteiger partial charge in [0.2, 0.25) is 0 Å². The summed E-state index contributed by atoms with van der Waals surface area (Å²) < 4.78 is 13.3. The van der Waals surface area contributed by atoms with Crippen LogP contribution in [0.25, 0.3) is 22.2 Å². The Labute approximate surface area is 199 Å². The van der Waals surface area contributed by atoms with Crippen molar-refractivity contribution in [1.29, 1.82) is 0 Å². The van der Waals surface area contributed by atoms with E-state index >= 15 is 0 Å². The van der Waals surface area contributed by atoms with Crippen molar-refractivity contribution in [2.75, 3.05) is 19.6 Å². The smallest absolute Gasteiger partial charge is 0.251 e. The first-order valence-corrected chi connectivity index (χ1v) is 12.1. The number of fused-ring (bicyclic) bond motifs is 1. The highest BCUT2D eigenvalue weighted by atomic mass is 19.1. The fourth-order valence-corrected chi connectivity index (χ4v) is 4.81. The van der Waals surface area contributed by atoms with E-state index in [0.717, 1.165) is 67.5 Å². The second-order valence-corrected chi connectivity index (χ2v) is 9.18. The third-order valence-electron chi connectivity index (χ3n) is 6.71. The lowest BCUT2D eigenvalue weighted by molar-refractivity contribution is 0.0926. The summed E-state index contributed by atoms with van der Waals surface area (Å²) >= 11 is 0. The van der Waals surface area contributed by atoms with Crippen LogP contribution >= 0.6 is 0 Å². The van der Waals surface area contributed by atoms with E-state index in [9.17, 15) is 9.18 Å². The number of aromatic amines is 1. The Kier molecular flexibility index (Phi) is 6.81. The molecule has 2 atom stereocenters. The maximum absolute atomic E-state index is 13.3. The molecule has 2 aromatic heterocycles. The lowest BCUT2D eigenvalue weighted by Gasteiger charge is -2.25. The van der Waals surface area contributed by atoms with Gasteiger partial charge in [0, 0.05) is 54.5 Å². The Morgan fingerprint density at radius 2 is 2.09 bits per heavy atom. The predicted molar refractivity (Wildman–Crippen MR) is 132 cm³/mol. The van der Waals surface area contributed by atoms with Crippen LogP contribution in [-0.4, -0.2) is 57.8 Å². The maximum Gasteiger partial charge on any atom is 0.251 e. The number of carbonyl (C=O) groups is 1. The molecule has 5 rings (SSSR count). The molecule has 3 heterocycles. The summed E-state index contributed by atoms with van der Waals surface area (Å²) in [5, 5.41) is 11.7. The third-order valence-corrected chi connectivity index (χ3v) is 6.71. The van der Waals surface area contributed by atoms with Crippen LogP contribution in [0.2, 0.25) is 0 Å². The van der Waals surface area contributed by atoms with E-state index in [1.807, 2.05) is 42.5 Å². The zero-order valence-corrected chi connectivity index (χ0v) is 19.2. The summed E-state index contributed by atoms with van der Waals surface area (Å²) in [6.45, 7) is 2.80. The van der Waals surface area contributed by atoms with Crippen molar-refractivity contribution in [1.82, 2.24) is 25.4 Å². The van der Waals surface area contributed by atoms with Crippen LogP contribution in [-0.2, 0) is 0 Å². The summed E-state index contributed by atoms with van der Waals surface area (Å²) in [4.78, 5) is 19.7. The standard InChI is InChI=1S/C27H30FN5O/c28-22-7-4-19(5-8-22)12-16-33-15-2-1-3-23(18-33)30-27(34)21-6-9-25-24(17-21)26(32-31-25)20-10-13-29-14-11-20/h4-7,9-11,13-14,17,22-23H,1-3,8,12,15-16,18H2,(H,30,34)(H,31,32). The van der Waals surface area contributed by atoms with Gasteiger partial charge in [-0.3, -0.25) is 14.9 Å². The van der Waals surface area contributed by atoms with Gasteiger partial charge in [-0.25, -0.2) is 4.39 Å². The van der Waals surface area contributed by atoms with E-state index in [-0.39, 0.29) is 11.9 Å². The predicted octanol–water partition coefficient (Wildman–Crippen LogP) is 4.82. The van der Waals surface area contributed by atoms with Gasteiger partial charge in [-0.05, 0) is 56.1 Å². The highest BCUT2D eigenvalue weighted by Gasteiger charge is 2.21. The molecule has 1 saturated heterocycles. The molecule has 0 saturated carbocycles. The van der Waals surface area contributed by atoms with Gasteiger partial charge in [-0.2, -0.15) is 5.10 Å². The van der Waals surface area contributed by atoms with Crippen LogP contribution in [0, 0.1) is 0 Å². The van der Waals surface area contributed by atoms with Crippen LogP contribution in [0.3, 0.4) is 0 Å². The van der Waals surface area contributed by atoms with Crippen molar-refractivity contribution >= 4 is 16.8 Å². The first-order valence-electron chi connectivity index (χ1n) is 12.1. The van der Waals surface area contributed by atoms with Crippen molar-refractivity contribution < 1.29 is 9.18 Å². The van der Waals surface area contributed by atoms with Crippen LogP contribution in [0.1, 0.15) is 42.5 Å². The van der Waals surface area contributed by atoms with Gasteiger partial charge >= 0.3 is 0 Å². The highest BCUT2D eigenvalue weighted by Crippen LogP contribution is 2.27. The zero-order valence-electron chi connectivity index (χ0n) is 19.2. The molecule has 1 amide bonds. The van der Waals surface area contributed by atoms with Crippen LogP contribution in [0.5, 0.6) is 0 Å². The van der Waals surface area contributed by atoms with Gasteiger partial charge in [-0.15, -0.1) is 0 Å². The Morgan fingerprint density at radius 1 is 1.21 bits per heavy atom. The number of nitrogens with zero attached hydrogens (tertiary/aromatic N) is 3. The molecule has 2 aliphatic rings. The van der Waals surface area contributed by atoms with E-state index in [4.69, 9.17) is 0 Å². The van der Waals surface area contributed by atoms with Gasteiger partial charge < -0.3 is 10.2 Å². The van der Waals surface area contributed by atoms with Crippen molar-refractivity contribution in [3.63, 3.8) is 0 Å². The van der Waals surface area contributed by atoms with Gasteiger partial charge in [0.1, 0.15) is 11.9 Å². The first kappa shape index (κ1) is 22.5. The van der Waals surface area contributed by atoms with E-state index in [1.54, 1.807) is 18.5 Å². The van der Waals surface area contributed by atoms with Crippen molar-refractivity contribution in [2.45, 2.75) is 44.3 Å². The number of pyridine rings is 1. The van der Waals surface area contributed by atoms with E-state index in [1.165, 1.54) is 5.57 Å². The Hall–Kier alpha value is -3.32. The van der Waals surface area contributed by atoms with Crippen molar-refractivity contribution in [3.8, 4) is 11.3 Å². The molecule has 0 radical (unpaired) electrons. The number of benzene rings is 1. The number of carbonyl (C=O) groups excluding carboxylic acids is 1. The summed E-state index contributed by atoms with van der Waals surface area (Å²) in [5.74, 6) is -0.0532. The third kappa shape index (κ3) is 5.25. The number of hydrogen-bond acceptors (Lipinski definition) is 4. The zero-order chi connectivity index (χ0) is 23.3. The lowest BCUT2D eigenvalue weighted by atomic mass is 10.0. The number of H-pyrrole nitrogens is 1. The number of hydrogen-bond donors (Lipinski definition) is 2. The van der Waals surface area contributed by atoms with Gasteiger partial charge in [0.25, 0.3) is 5.91 Å². The Balaban J connectivity index is 1.24. The van der Waals surface area contributed by atoms with E-state index in [2.05, 4.69) is 25.4 Å². The molecule has 2 unspecified atom stereocenters. The molecule has 3 aromatic rings. The maximum atomic E-state index is 13.3. The molecule has 1 aromatic carbocycles. The van der Waals surface area contributed by atoms with Crippen molar-refractivity contribution in [3.05, 3.63) is 72.1 Å². The minimum absolute atomic E-state index is 0.0532. The average molecular weight is 460 g/mol. The van der Waals surface area contributed by atoms with Gasteiger partial charge in [0.05, 0.1) is 5.52 Å². The van der Waals surface area contributed by atoms with E-state index in [0.29, 0.717) is 12.0 Å². The fraction of sp³-hybridized carbons (Fsp3) is 0.370. The summed E-state index contributed by atoms with van der Waals surface area (Å²) in [7, 11) is 0. The molecular weight excluding hydrogens is 429 g/mol.